The summed E-state index contributed by atoms with van der Waals surface area (Å²) in [5.41, 5.74) is 3.30. The minimum Gasteiger partial charge on any atom is -0.494 e. The monoisotopic (exact) mass is 458 g/mol. The lowest BCUT2D eigenvalue weighted by molar-refractivity contribution is 0.101. The van der Waals surface area contributed by atoms with Crippen LogP contribution in [0.15, 0.2) is 66.7 Å². The molecule has 0 bridgehead atoms. The minimum absolute atomic E-state index is 0.239. The molecule has 1 aliphatic carbocycles. The maximum absolute atomic E-state index is 12.9. The fraction of sp³-hybridized carbons (Fsp3) is 0.286. The molecule has 1 saturated carbocycles. The van der Waals surface area contributed by atoms with Gasteiger partial charge in [-0.25, -0.2) is 0 Å². The Morgan fingerprint density at radius 2 is 1.21 bits per heavy atom. The minimum atomic E-state index is -0.268. The van der Waals surface area contributed by atoms with Crippen molar-refractivity contribution in [3.63, 3.8) is 0 Å². The number of benzene rings is 3. The number of hydrogen-bond donors (Lipinski definition) is 2. The molecule has 0 aliphatic heterocycles. The van der Waals surface area contributed by atoms with E-state index in [0.29, 0.717) is 39.9 Å². The van der Waals surface area contributed by atoms with Crippen molar-refractivity contribution in [2.75, 3.05) is 24.9 Å². The molecule has 0 saturated heterocycles. The lowest BCUT2D eigenvalue weighted by atomic mass is 9.84. The SMILES string of the molecule is COc1cc(NC(=O)c2ccc(C3CCCCC3)cc2)c(OC)cc1NC(=O)c1ccccc1. The van der Waals surface area contributed by atoms with Crippen molar-refractivity contribution in [2.24, 2.45) is 0 Å². The van der Waals surface area contributed by atoms with Crippen molar-refractivity contribution in [1.29, 1.82) is 0 Å². The number of hydrogen-bond acceptors (Lipinski definition) is 4. The zero-order chi connectivity index (χ0) is 23.9. The average Bonchev–Trinajstić information content (AvgIpc) is 2.90. The molecule has 34 heavy (non-hydrogen) atoms. The van der Waals surface area contributed by atoms with Crippen LogP contribution in [0.25, 0.3) is 0 Å². The van der Waals surface area contributed by atoms with E-state index in [-0.39, 0.29) is 11.8 Å². The highest BCUT2D eigenvalue weighted by Crippen LogP contribution is 2.37. The Balaban J connectivity index is 1.51. The maximum Gasteiger partial charge on any atom is 0.255 e. The van der Waals surface area contributed by atoms with Gasteiger partial charge in [0.1, 0.15) is 11.5 Å². The number of anilines is 2. The largest absolute Gasteiger partial charge is 0.494 e. The summed E-state index contributed by atoms with van der Waals surface area (Å²) in [6, 6.07) is 20.1. The van der Waals surface area contributed by atoms with Crippen molar-refractivity contribution in [2.45, 2.75) is 38.0 Å². The Hall–Kier alpha value is -3.80. The molecule has 6 heteroatoms. The van der Waals surface area contributed by atoms with Gasteiger partial charge in [-0.15, -0.1) is 0 Å². The number of carbonyl (C=O) groups is 2. The van der Waals surface area contributed by atoms with E-state index < -0.39 is 0 Å². The van der Waals surface area contributed by atoms with E-state index in [1.165, 1.54) is 51.9 Å². The van der Waals surface area contributed by atoms with Gasteiger partial charge in [-0.3, -0.25) is 9.59 Å². The standard InChI is InChI=1S/C28H30N2O4/c1-33-25-18-24(26(34-2)17-23(25)29-27(31)21-11-7-4-8-12-21)30-28(32)22-15-13-20(14-16-22)19-9-5-3-6-10-19/h4,7-8,11-19H,3,5-6,9-10H2,1-2H3,(H,29,31)(H,30,32). The van der Waals surface area contributed by atoms with Crippen molar-refractivity contribution < 1.29 is 19.1 Å². The van der Waals surface area contributed by atoms with E-state index in [4.69, 9.17) is 9.47 Å². The molecule has 0 unspecified atom stereocenters. The summed E-state index contributed by atoms with van der Waals surface area (Å²) in [6.07, 6.45) is 6.30. The van der Waals surface area contributed by atoms with Crippen molar-refractivity contribution in [3.05, 3.63) is 83.4 Å². The predicted molar refractivity (Wildman–Crippen MR) is 134 cm³/mol. The third-order valence-corrected chi connectivity index (χ3v) is 6.30. The third kappa shape index (κ3) is 5.39. The van der Waals surface area contributed by atoms with Crippen molar-refractivity contribution in [1.82, 2.24) is 0 Å². The normalized spacial score (nSPS) is 13.7. The zero-order valence-electron chi connectivity index (χ0n) is 19.6. The van der Waals surface area contributed by atoms with Gasteiger partial charge in [0.25, 0.3) is 11.8 Å². The number of ether oxygens (including phenoxy) is 2. The average molecular weight is 459 g/mol. The second-order valence-electron chi connectivity index (χ2n) is 8.48. The highest BCUT2D eigenvalue weighted by atomic mass is 16.5. The van der Waals surface area contributed by atoms with Crippen LogP contribution >= 0.6 is 0 Å². The van der Waals surface area contributed by atoms with Crippen LogP contribution < -0.4 is 20.1 Å². The highest BCUT2D eigenvalue weighted by molar-refractivity contribution is 6.07. The predicted octanol–water partition coefficient (Wildman–Crippen LogP) is 6.26. The summed E-state index contributed by atoms with van der Waals surface area (Å²) in [5.74, 6) is 0.908. The Kier molecular flexibility index (Phi) is 7.48. The third-order valence-electron chi connectivity index (χ3n) is 6.30. The van der Waals surface area contributed by atoms with Gasteiger partial charge in [0.2, 0.25) is 0 Å². The maximum atomic E-state index is 12.9. The molecule has 0 radical (unpaired) electrons. The van der Waals surface area contributed by atoms with Gasteiger partial charge in [0.05, 0.1) is 25.6 Å². The van der Waals surface area contributed by atoms with Crippen LogP contribution in [-0.2, 0) is 0 Å². The van der Waals surface area contributed by atoms with Crippen LogP contribution in [0.3, 0.4) is 0 Å². The summed E-state index contributed by atoms with van der Waals surface area (Å²) in [5, 5.41) is 5.75. The Morgan fingerprint density at radius 1 is 0.706 bits per heavy atom. The van der Waals surface area contributed by atoms with Gasteiger partial charge in [-0.05, 0) is 48.6 Å². The molecule has 2 amide bonds. The van der Waals surface area contributed by atoms with Gasteiger partial charge in [0.15, 0.2) is 0 Å². The molecule has 2 N–H and O–H groups in total. The first-order valence-corrected chi connectivity index (χ1v) is 11.6. The van der Waals surface area contributed by atoms with E-state index in [9.17, 15) is 9.59 Å². The number of carbonyl (C=O) groups excluding carboxylic acids is 2. The fourth-order valence-electron chi connectivity index (χ4n) is 4.41. The zero-order valence-corrected chi connectivity index (χ0v) is 19.6. The summed E-state index contributed by atoms with van der Waals surface area (Å²) < 4.78 is 11.0. The number of amides is 2. The Bertz CT molecular complexity index is 1140. The first kappa shape index (κ1) is 23.4. The van der Waals surface area contributed by atoms with Crippen LogP contribution in [0.5, 0.6) is 11.5 Å². The van der Waals surface area contributed by atoms with Crippen molar-refractivity contribution in [3.8, 4) is 11.5 Å². The summed E-state index contributed by atoms with van der Waals surface area (Å²) in [7, 11) is 3.02. The fourth-order valence-corrected chi connectivity index (χ4v) is 4.41. The van der Waals surface area contributed by atoms with Crippen molar-refractivity contribution >= 4 is 23.2 Å². The molecule has 4 rings (SSSR count). The molecule has 0 spiro atoms. The molecule has 3 aromatic rings. The van der Waals surface area contributed by atoms with E-state index in [2.05, 4.69) is 22.8 Å². The lowest BCUT2D eigenvalue weighted by Crippen LogP contribution is -2.15. The van der Waals surface area contributed by atoms with Gasteiger partial charge in [0, 0.05) is 23.3 Å². The molecule has 1 aliphatic rings. The van der Waals surface area contributed by atoms with Gasteiger partial charge in [-0.1, -0.05) is 49.6 Å². The molecule has 176 valence electrons. The Morgan fingerprint density at radius 3 is 1.71 bits per heavy atom. The number of nitrogens with one attached hydrogen (secondary N) is 2. The lowest BCUT2D eigenvalue weighted by Gasteiger charge is -2.22. The number of methoxy groups -OCH3 is 2. The van der Waals surface area contributed by atoms with Crippen LogP contribution in [-0.4, -0.2) is 26.0 Å². The van der Waals surface area contributed by atoms with E-state index >= 15 is 0 Å². The van der Waals surface area contributed by atoms with E-state index in [1.807, 2.05) is 18.2 Å². The topological polar surface area (TPSA) is 76.7 Å². The van der Waals surface area contributed by atoms with E-state index in [1.54, 1.807) is 36.4 Å². The molecular formula is C28H30N2O4. The number of rotatable bonds is 7. The quantitative estimate of drug-likeness (QED) is 0.438. The molecule has 0 heterocycles. The summed E-state index contributed by atoms with van der Waals surface area (Å²) >= 11 is 0. The molecule has 0 aromatic heterocycles. The van der Waals surface area contributed by atoms with Crippen LogP contribution in [0.4, 0.5) is 11.4 Å². The molecular weight excluding hydrogens is 428 g/mol. The first-order valence-electron chi connectivity index (χ1n) is 11.6. The van der Waals surface area contributed by atoms with Crippen LogP contribution in [0, 0.1) is 0 Å². The second kappa shape index (κ2) is 10.9. The summed E-state index contributed by atoms with van der Waals surface area (Å²) in [6.45, 7) is 0. The van der Waals surface area contributed by atoms with Gasteiger partial charge in [-0.2, -0.15) is 0 Å². The smallest absolute Gasteiger partial charge is 0.255 e. The molecule has 6 nitrogen and oxygen atoms in total. The molecule has 1 fully saturated rings. The van der Waals surface area contributed by atoms with Crippen LogP contribution in [0.2, 0.25) is 0 Å². The summed E-state index contributed by atoms with van der Waals surface area (Å²) in [4.78, 5) is 25.5. The second-order valence-corrected chi connectivity index (χ2v) is 8.48. The van der Waals surface area contributed by atoms with Crippen LogP contribution in [0.1, 0.15) is 64.3 Å². The molecule has 3 aromatic carbocycles. The van der Waals surface area contributed by atoms with Gasteiger partial charge < -0.3 is 20.1 Å². The highest BCUT2D eigenvalue weighted by Gasteiger charge is 2.18. The first-order chi connectivity index (χ1) is 16.6. The van der Waals surface area contributed by atoms with Gasteiger partial charge >= 0.3 is 0 Å². The Labute approximate surface area is 200 Å². The van der Waals surface area contributed by atoms with E-state index in [0.717, 1.165) is 0 Å². The molecule has 0 atom stereocenters.